The number of amides is 1. The third-order valence-corrected chi connectivity index (χ3v) is 3.25. The number of ether oxygens (including phenoxy) is 2. The van der Waals surface area contributed by atoms with Gasteiger partial charge in [0.25, 0.3) is 5.91 Å². The molecule has 0 saturated heterocycles. The first-order valence-corrected chi connectivity index (χ1v) is 7.84. The zero-order chi connectivity index (χ0) is 16.7. The van der Waals surface area contributed by atoms with Gasteiger partial charge in [0, 0.05) is 10.7 Å². The molecule has 4 nitrogen and oxygen atoms in total. The van der Waals surface area contributed by atoms with Gasteiger partial charge < -0.3 is 14.8 Å². The van der Waals surface area contributed by atoms with Crippen molar-refractivity contribution < 1.29 is 14.3 Å². The Bertz CT molecular complexity index is 644. The molecule has 0 heterocycles. The second kappa shape index (κ2) is 8.56. The normalized spacial score (nSPS) is 10.6. The van der Waals surface area contributed by atoms with Crippen LogP contribution in [-0.4, -0.2) is 25.2 Å². The van der Waals surface area contributed by atoms with Gasteiger partial charge in [-0.1, -0.05) is 29.8 Å². The summed E-state index contributed by atoms with van der Waals surface area (Å²) in [5, 5.41) is 3.31. The molecule has 2 rings (SSSR count). The zero-order valence-corrected chi connectivity index (χ0v) is 14.0. The van der Waals surface area contributed by atoms with Gasteiger partial charge >= 0.3 is 0 Å². The van der Waals surface area contributed by atoms with Crippen molar-refractivity contribution in [3.8, 4) is 5.75 Å². The first-order chi connectivity index (χ1) is 11.1. The minimum Gasteiger partial charge on any atom is -0.490 e. The molecule has 0 saturated carbocycles. The molecular formula is C18H20ClNO3. The summed E-state index contributed by atoms with van der Waals surface area (Å²) < 4.78 is 11.1. The Hall–Kier alpha value is -2.04. The van der Waals surface area contributed by atoms with Crippen LogP contribution in [0.3, 0.4) is 0 Å². The summed E-state index contributed by atoms with van der Waals surface area (Å²) in [6, 6.07) is 14.2. The lowest BCUT2D eigenvalue weighted by Gasteiger charge is -2.13. The van der Waals surface area contributed by atoms with Crippen molar-refractivity contribution in [2.75, 3.05) is 18.5 Å². The van der Waals surface area contributed by atoms with Crippen molar-refractivity contribution >= 4 is 23.2 Å². The van der Waals surface area contributed by atoms with Crippen LogP contribution < -0.4 is 10.1 Å². The molecular weight excluding hydrogens is 314 g/mol. The lowest BCUT2D eigenvalue weighted by Crippen LogP contribution is -2.16. The Morgan fingerprint density at radius 3 is 2.57 bits per heavy atom. The molecule has 5 heteroatoms. The molecule has 1 amide bonds. The van der Waals surface area contributed by atoms with Crippen LogP contribution in [0.2, 0.25) is 5.02 Å². The van der Waals surface area contributed by atoms with Gasteiger partial charge in [0.1, 0.15) is 12.4 Å². The largest absolute Gasteiger partial charge is 0.490 e. The minimum atomic E-state index is -0.265. The summed E-state index contributed by atoms with van der Waals surface area (Å²) in [6.45, 7) is 4.74. The maximum absolute atomic E-state index is 12.4. The van der Waals surface area contributed by atoms with Gasteiger partial charge in [-0.05, 0) is 44.2 Å². The Balaban J connectivity index is 2.07. The van der Waals surface area contributed by atoms with E-state index in [0.717, 1.165) is 0 Å². The summed E-state index contributed by atoms with van der Waals surface area (Å²) >= 11 is 6.01. The number of para-hydroxylation sites is 1. The summed E-state index contributed by atoms with van der Waals surface area (Å²) in [6.07, 6.45) is 0.143. The van der Waals surface area contributed by atoms with Gasteiger partial charge in [-0.25, -0.2) is 0 Å². The van der Waals surface area contributed by atoms with E-state index in [4.69, 9.17) is 21.1 Å². The van der Waals surface area contributed by atoms with Crippen LogP contribution in [0.4, 0.5) is 5.69 Å². The van der Waals surface area contributed by atoms with E-state index in [2.05, 4.69) is 5.32 Å². The van der Waals surface area contributed by atoms with E-state index < -0.39 is 0 Å². The standard InChI is InChI=1S/C18H20ClNO3/c1-13(2)22-10-11-23-17-9-8-14(19)12-16(17)18(21)20-15-6-4-3-5-7-15/h3-9,12-13H,10-11H2,1-2H3,(H,20,21). The average Bonchev–Trinajstić information content (AvgIpc) is 2.53. The summed E-state index contributed by atoms with van der Waals surface area (Å²) in [4.78, 5) is 12.4. The van der Waals surface area contributed by atoms with Crippen LogP contribution >= 0.6 is 11.6 Å². The summed E-state index contributed by atoms with van der Waals surface area (Å²) in [5.74, 6) is 0.216. The van der Waals surface area contributed by atoms with Crippen LogP contribution in [-0.2, 0) is 4.74 Å². The Morgan fingerprint density at radius 1 is 1.13 bits per heavy atom. The molecule has 0 aliphatic rings. The summed E-state index contributed by atoms with van der Waals surface area (Å²) in [7, 11) is 0. The molecule has 23 heavy (non-hydrogen) atoms. The number of hydrogen-bond acceptors (Lipinski definition) is 3. The lowest BCUT2D eigenvalue weighted by atomic mass is 10.2. The fourth-order valence-corrected chi connectivity index (χ4v) is 2.13. The predicted octanol–water partition coefficient (Wildman–Crippen LogP) is 4.40. The third-order valence-electron chi connectivity index (χ3n) is 3.01. The Kier molecular flexibility index (Phi) is 6.44. The molecule has 0 atom stereocenters. The highest BCUT2D eigenvalue weighted by molar-refractivity contribution is 6.31. The van der Waals surface area contributed by atoms with Crippen molar-refractivity contribution in [3.63, 3.8) is 0 Å². The molecule has 0 spiro atoms. The molecule has 1 N–H and O–H groups in total. The third kappa shape index (κ3) is 5.58. The van der Waals surface area contributed by atoms with Crippen LogP contribution in [0.5, 0.6) is 5.75 Å². The van der Waals surface area contributed by atoms with Gasteiger partial charge in [0.2, 0.25) is 0 Å². The van der Waals surface area contributed by atoms with Crippen LogP contribution in [0, 0.1) is 0 Å². The molecule has 2 aromatic rings. The van der Waals surface area contributed by atoms with Crippen LogP contribution in [0.1, 0.15) is 24.2 Å². The number of halogens is 1. The van der Waals surface area contributed by atoms with E-state index in [1.54, 1.807) is 18.2 Å². The quantitative estimate of drug-likeness (QED) is 0.764. The average molecular weight is 334 g/mol. The number of carbonyl (C=O) groups excluding carboxylic acids is 1. The highest BCUT2D eigenvalue weighted by Gasteiger charge is 2.14. The summed E-state index contributed by atoms with van der Waals surface area (Å²) in [5.41, 5.74) is 1.11. The molecule has 0 aliphatic heterocycles. The van der Waals surface area contributed by atoms with Gasteiger partial charge in [0.05, 0.1) is 18.3 Å². The number of hydrogen-bond donors (Lipinski definition) is 1. The lowest BCUT2D eigenvalue weighted by molar-refractivity contribution is 0.0549. The van der Waals surface area contributed by atoms with Crippen molar-refractivity contribution in [1.82, 2.24) is 0 Å². The molecule has 0 bridgehead atoms. The minimum absolute atomic E-state index is 0.143. The molecule has 2 aromatic carbocycles. The van der Waals surface area contributed by atoms with E-state index >= 15 is 0 Å². The van der Waals surface area contributed by atoms with Gasteiger partial charge in [-0.15, -0.1) is 0 Å². The van der Waals surface area contributed by atoms with Crippen LogP contribution in [0.25, 0.3) is 0 Å². The fourth-order valence-electron chi connectivity index (χ4n) is 1.96. The Labute approximate surface area is 141 Å². The molecule has 0 fully saturated rings. The van der Waals surface area contributed by atoms with E-state index in [1.165, 1.54) is 0 Å². The molecule has 0 unspecified atom stereocenters. The SMILES string of the molecule is CC(C)OCCOc1ccc(Cl)cc1C(=O)Nc1ccccc1. The first kappa shape index (κ1) is 17.3. The van der Waals surface area contributed by atoms with Crippen molar-refractivity contribution in [2.45, 2.75) is 20.0 Å². The van der Waals surface area contributed by atoms with Gasteiger partial charge in [0.15, 0.2) is 0 Å². The van der Waals surface area contributed by atoms with Gasteiger partial charge in [-0.3, -0.25) is 4.79 Å². The van der Waals surface area contributed by atoms with Crippen molar-refractivity contribution in [1.29, 1.82) is 0 Å². The van der Waals surface area contributed by atoms with Gasteiger partial charge in [-0.2, -0.15) is 0 Å². The second-order valence-corrected chi connectivity index (χ2v) is 5.67. The number of anilines is 1. The first-order valence-electron chi connectivity index (χ1n) is 7.46. The highest BCUT2D eigenvalue weighted by Crippen LogP contribution is 2.24. The Morgan fingerprint density at radius 2 is 1.87 bits per heavy atom. The van der Waals surface area contributed by atoms with Crippen LogP contribution in [0.15, 0.2) is 48.5 Å². The highest BCUT2D eigenvalue weighted by atomic mass is 35.5. The monoisotopic (exact) mass is 333 g/mol. The van der Waals surface area contributed by atoms with E-state index in [9.17, 15) is 4.79 Å². The fraction of sp³-hybridized carbons (Fsp3) is 0.278. The van der Waals surface area contributed by atoms with E-state index in [1.807, 2.05) is 44.2 Å². The predicted molar refractivity (Wildman–Crippen MR) is 92.4 cm³/mol. The topological polar surface area (TPSA) is 47.6 Å². The number of carbonyl (C=O) groups is 1. The maximum Gasteiger partial charge on any atom is 0.259 e. The smallest absolute Gasteiger partial charge is 0.259 e. The van der Waals surface area contributed by atoms with E-state index in [0.29, 0.717) is 35.2 Å². The molecule has 0 radical (unpaired) electrons. The van der Waals surface area contributed by atoms with E-state index in [-0.39, 0.29) is 12.0 Å². The second-order valence-electron chi connectivity index (χ2n) is 5.23. The molecule has 0 aliphatic carbocycles. The zero-order valence-electron chi connectivity index (χ0n) is 13.2. The number of rotatable bonds is 7. The molecule has 122 valence electrons. The molecule has 0 aromatic heterocycles. The maximum atomic E-state index is 12.4. The number of nitrogens with one attached hydrogen (secondary N) is 1. The number of benzene rings is 2. The van der Waals surface area contributed by atoms with Crippen molar-refractivity contribution in [2.24, 2.45) is 0 Å². The van der Waals surface area contributed by atoms with Crippen molar-refractivity contribution in [3.05, 3.63) is 59.1 Å².